The fourth-order valence-electron chi connectivity index (χ4n) is 2.07. The average molecular weight is 286 g/mol. The molecule has 1 heterocycles. The molecule has 1 N–H and O–H groups in total. The summed E-state index contributed by atoms with van der Waals surface area (Å²) in [5.74, 6) is 0.771. The highest BCUT2D eigenvalue weighted by atomic mass is 16.1. The first-order valence-corrected chi connectivity index (χ1v) is 7.18. The van der Waals surface area contributed by atoms with E-state index in [9.17, 15) is 4.79 Å². The predicted octanol–water partition coefficient (Wildman–Crippen LogP) is 2.74. The van der Waals surface area contributed by atoms with Gasteiger partial charge in [-0.25, -0.2) is 4.68 Å². The van der Waals surface area contributed by atoms with Gasteiger partial charge < -0.3 is 10.2 Å². The molecule has 5 nitrogen and oxygen atoms in total. The Morgan fingerprint density at radius 2 is 1.95 bits per heavy atom. The summed E-state index contributed by atoms with van der Waals surface area (Å²) in [5, 5.41) is 7.17. The highest BCUT2D eigenvalue weighted by molar-refractivity contribution is 5.89. The minimum absolute atomic E-state index is 0.0298. The van der Waals surface area contributed by atoms with Crippen LogP contribution in [0.25, 0.3) is 0 Å². The summed E-state index contributed by atoms with van der Waals surface area (Å²) in [5.41, 5.74) is 2.31. The maximum Gasteiger partial charge on any atom is 0.225 e. The lowest BCUT2D eigenvalue weighted by atomic mass is 10.2. The Kier molecular flexibility index (Phi) is 4.98. The van der Waals surface area contributed by atoms with Gasteiger partial charge in [-0.15, -0.1) is 0 Å². The lowest BCUT2D eigenvalue weighted by Crippen LogP contribution is -2.15. The molecule has 0 aliphatic carbocycles. The SMILES string of the molecule is CCCC(=O)Nc1ccnn1Cc1ccc(N(C)C)cc1. The van der Waals surface area contributed by atoms with Crippen LogP contribution in [0.5, 0.6) is 0 Å². The number of hydrogen-bond donors (Lipinski definition) is 1. The quantitative estimate of drug-likeness (QED) is 0.888. The largest absolute Gasteiger partial charge is 0.378 e. The zero-order chi connectivity index (χ0) is 15.2. The van der Waals surface area contributed by atoms with E-state index in [4.69, 9.17) is 0 Å². The van der Waals surface area contributed by atoms with Gasteiger partial charge in [-0.3, -0.25) is 4.79 Å². The summed E-state index contributed by atoms with van der Waals surface area (Å²) in [6, 6.07) is 10.1. The van der Waals surface area contributed by atoms with Crippen molar-refractivity contribution in [2.24, 2.45) is 0 Å². The maximum atomic E-state index is 11.7. The molecule has 2 aromatic rings. The number of hydrogen-bond acceptors (Lipinski definition) is 3. The number of nitrogens with zero attached hydrogens (tertiary/aromatic N) is 3. The number of aromatic nitrogens is 2. The number of benzene rings is 1. The van der Waals surface area contributed by atoms with E-state index in [1.807, 2.05) is 27.1 Å². The van der Waals surface area contributed by atoms with Gasteiger partial charge in [0.15, 0.2) is 0 Å². The third-order valence-corrected chi connectivity index (χ3v) is 3.25. The first-order valence-electron chi connectivity index (χ1n) is 7.18. The predicted molar refractivity (Wildman–Crippen MR) is 85.6 cm³/mol. The number of carbonyl (C=O) groups excluding carboxylic acids is 1. The average Bonchev–Trinajstić information content (AvgIpc) is 2.87. The van der Waals surface area contributed by atoms with Crippen LogP contribution in [-0.4, -0.2) is 29.8 Å². The highest BCUT2D eigenvalue weighted by Crippen LogP contribution is 2.15. The fraction of sp³-hybridized carbons (Fsp3) is 0.375. The van der Waals surface area contributed by atoms with Crippen molar-refractivity contribution < 1.29 is 4.79 Å². The molecule has 112 valence electrons. The Balaban J connectivity index is 2.06. The fourth-order valence-corrected chi connectivity index (χ4v) is 2.07. The second-order valence-corrected chi connectivity index (χ2v) is 5.23. The first kappa shape index (κ1) is 15.1. The smallest absolute Gasteiger partial charge is 0.225 e. The van der Waals surface area contributed by atoms with E-state index in [-0.39, 0.29) is 5.91 Å². The van der Waals surface area contributed by atoms with Crippen LogP contribution < -0.4 is 10.2 Å². The Morgan fingerprint density at radius 3 is 2.57 bits per heavy atom. The molecule has 1 aromatic carbocycles. The van der Waals surface area contributed by atoms with Gasteiger partial charge in [0, 0.05) is 32.3 Å². The summed E-state index contributed by atoms with van der Waals surface area (Å²) >= 11 is 0. The number of anilines is 2. The molecule has 0 atom stereocenters. The van der Waals surface area contributed by atoms with Gasteiger partial charge in [0.2, 0.25) is 5.91 Å². The molecule has 0 fully saturated rings. The summed E-state index contributed by atoms with van der Waals surface area (Å²) in [4.78, 5) is 13.7. The lowest BCUT2D eigenvalue weighted by molar-refractivity contribution is -0.116. The van der Waals surface area contributed by atoms with Crippen LogP contribution in [0, 0.1) is 0 Å². The second-order valence-electron chi connectivity index (χ2n) is 5.23. The van der Waals surface area contributed by atoms with Gasteiger partial charge in [-0.05, 0) is 24.1 Å². The summed E-state index contributed by atoms with van der Waals surface area (Å²) in [6.07, 6.45) is 3.07. The molecule has 1 amide bonds. The minimum Gasteiger partial charge on any atom is -0.378 e. The van der Waals surface area contributed by atoms with Gasteiger partial charge in [0.05, 0.1) is 12.7 Å². The standard InChI is InChI=1S/C16H22N4O/c1-4-5-16(21)18-15-10-11-17-20(15)12-13-6-8-14(9-7-13)19(2)3/h6-11H,4-5,12H2,1-3H3,(H,18,21). The van der Waals surface area contributed by atoms with Gasteiger partial charge in [-0.2, -0.15) is 5.10 Å². The highest BCUT2D eigenvalue weighted by Gasteiger charge is 2.07. The topological polar surface area (TPSA) is 50.2 Å². The molecule has 0 unspecified atom stereocenters. The Bertz CT molecular complexity index is 587. The van der Waals surface area contributed by atoms with Crippen molar-refractivity contribution in [1.29, 1.82) is 0 Å². The van der Waals surface area contributed by atoms with Crippen molar-refractivity contribution in [3.63, 3.8) is 0 Å². The van der Waals surface area contributed by atoms with E-state index in [2.05, 4.69) is 39.6 Å². The molecule has 1 aromatic heterocycles. The van der Waals surface area contributed by atoms with Crippen LogP contribution in [-0.2, 0) is 11.3 Å². The zero-order valence-electron chi connectivity index (χ0n) is 12.8. The Morgan fingerprint density at radius 1 is 1.24 bits per heavy atom. The van der Waals surface area contributed by atoms with Crippen molar-refractivity contribution in [2.75, 3.05) is 24.3 Å². The molecular formula is C16H22N4O. The second kappa shape index (κ2) is 6.92. The summed E-state index contributed by atoms with van der Waals surface area (Å²) < 4.78 is 1.80. The molecule has 0 saturated heterocycles. The van der Waals surface area contributed by atoms with E-state index in [1.54, 1.807) is 10.9 Å². The third-order valence-electron chi connectivity index (χ3n) is 3.25. The number of nitrogens with one attached hydrogen (secondary N) is 1. The maximum absolute atomic E-state index is 11.7. The van der Waals surface area contributed by atoms with E-state index in [0.717, 1.165) is 23.5 Å². The lowest BCUT2D eigenvalue weighted by Gasteiger charge is -2.13. The zero-order valence-corrected chi connectivity index (χ0v) is 12.8. The van der Waals surface area contributed by atoms with Gasteiger partial charge in [0.25, 0.3) is 0 Å². The van der Waals surface area contributed by atoms with E-state index in [0.29, 0.717) is 13.0 Å². The molecule has 0 aliphatic rings. The van der Waals surface area contributed by atoms with Gasteiger partial charge in [-0.1, -0.05) is 19.1 Å². The van der Waals surface area contributed by atoms with Crippen molar-refractivity contribution in [3.05, 3.63) is 42.1 Å². The molecule has 0 bridgehead atoms. The van der Waals surface area contributed by atoms with Gasteiger partial charge in [0.1, 0.15) is 5.82 Å². The van der Waals surface area contributed by atoms with Crippen LogP contribution in [0.4, 0.5) is 11.5 Å². The van der Waals surface area contributed by atoms with Gasteiger partial charge >= 0.3 is 0 Å². The van der Waals surface area contributed by atoms with E-state index < -0.39 is 0 Å². The summed E-state index contributed by atoms with van der Waals surface area (Å²) in [6.45, 7) is 2.63. The van der Waals surface area contributed by atoms with Crippen molar-refractivity contribution >= 4 is 17.4 Å². The van der Waals surface area contributed by atoms with Crippen molar-refractivity contribution in [2.45, 2.75) is 26.3 Å². The molecule has 2 rings (SSSR count). The van der Waals surface area contributed by atoms with Crippen LogP contribution in [0.1, 0.15) is 25.3 Å². The molecule has 0 saturated carbocycles. The van der Waals surface area contributed by atoms with E-state index in [1.165, 1.54) is 0 Å². The monoisotopic (exact) mass is 286 g/mol. The third kappa shape index (κ3) is 4.08. The molecule has 5 heteroatoms. The Hall–Kier alpha value is -2.30. The molecule has 0 radical (unpaired) electrons. The molecule has 21 heavy (non-hydrogen) atoms. The van der Waals surface area contributed by atoms with E-state index >= 15 is 0 Å². The van der Waals surface area contributed by atoms with Crippen LogP contribution >= 0.6 is 0 Å². The molecule has 0 aliphatic heterocycles. The van der Waals surface area contributed by atoms with Crippen molar-refractivity contribution in [3.8, 4) is 0 Å². The van der Waals surface area contributed by atoms with Crippen LogP contribution in [0.15, 0.2) is 36.5 Å². The van der Waals surface area contributed by atoms with Crippen molar-refractivity contribution in [1.82, 2.24) is 9.78 Å². The minimum atomic E-state index is 0.0298. The molecular weight excluding hydrogens is 264 g/mol. The first-order chi connectivity index (χ1) is 10.1. The normalized spacial score (nSPS) is 10.4. The Labute approximate surface area is 125 Å². The summed E-state index contributed by atoms with van der Waals surface area (Å²) in [7, 11) is 4.04. The van der Waals surface area contributed by atoms with Crippen LogP contribution in [0.2, 0.25) is 0 Å². The molecule has 0 spiro atoms. The number of amides is 1. The van der Waals surface area contributed by atoms with Crippen LogP contribution in [0.3, 0.4) is 0 Å². The number of carbonyl (C=O) groups is 1. The number of rotatable bonds is 6.